The number of benzene rings is 1. The molecular formula is C14H13ClN2O3. The number of nitro groups is 1. The van der Waals surface area contributed by atoms with Crippen LogP contribution in [0, 0.1) is 24.0 Å². The van der Waals surface area contributed by atoms with Crippen molar-refractivity contribution >= 4 is 17.3 Å². The summed E-state index contributed by atoms with van der Waals surface area (Å²) in [6, 6.07) is 6.72. The maximum Gasteiger partial charge on any atom is 0.272 e. The van der Waals surface area contributed by atoms with E-state index in [0.717, 1.165) is 11.1 Å². The van der Waals surface area contributed by atoms with Crippen LogP contribution in [-0.4, -0.2) is 9.91 Å². The summed E-state index contributed by atoms with van der Waals surface area (Å²) in [6.45, 7) is 3.80. The lowest BCUT2D eigenvalue weighted by Crippen LogP contribution is -2.00. The Bertz CT molecular complexity index is 659. The Labute approximate surface area is 121 Å². The highest BCUT2D eigenvalue weighted by Crippen LogP contribution is 2.28. The molecule has 20 heavy (non-hydrogen) atoms. The minimum Gasteiger partial charge on any atom is -0.489 e. The zero-order chi connectivity index (χ0) is 14.7. The van der Waals surface area contributed by atoms with E-state index in [1.807, 2.05) is 0 Å². The number of pyridine rings is 1. The van der Waals surface area contributed by atoms with E-state index in [4.69, 9.17) is 16.3 Å². The summed E-state index contributed by atoms with van der Waals surface area (Å²) >= 11 is 5.80. The molecule has 0 N–H and O–H groups in total. The molecule has 1 aromatic heterocycles. The van der Waals surface area contributed by atoms with Crippen LogP contribution < -0.4 is 4.74 Å². The second-order valence-electron chi connectivity index (χ2n) is 4.44. The van der Waals surface area contributed by atoms with Crippen LogP contribution in [0.15, 0.2) is 30.5 Å². The fourth-order valence-corrected chi connectivity index (χ4v) is 2.02. The highest BCUT2D eigenvalue weighted by molar-refractivity contribution is 6.29. The number of ether oxygens (including phenoxy) is 1. The maximum atomic E-state index is 10.8. The molecule has 0 radical (unpaired) electrons. The Morgan fingerprint density at radius 2 is 2.05 bits per heavy atom. The zero-order valence-electron chi connectivity index (χ0n) is 11.1. The normalized spacial score (nSPS) is 10.3. The predicted octanol–water partition coefficient (Wildman–Crippen LogP) is 3.84. The Balaban J connectivity index is 2.18. The van der Waals surface area contributed by atoms with Crippen molar-refractivity contribution in [2.45, 2.75) is 20.5 Å². The summed E-state index contributed by atoms with van der Waals surface area (Å²) in [7, 11) is 0. The lowest BCUT2D eigenvalue weighted by molar-refractivity contribution is -0.385. The average molecular weight is 293 g/mol. The number of nitrogens with zero attached hydrogens (tertiary/aromatic N) is 2. The molecule has 0 aliphatic heterocycles. The third-order valence-corrected chi connectivity index (χ3v) is 3.08. The van der Waals surface area contributed by atoms with Crippen molar-refractivity contribution in [3.05, 3.63) is 62.4 Å². The number of aryl methyl sites for hydroxylation is 2. The molecule has 5 nitrogen and oxygen atoms in total. The van der Waals surface area contributed by atoms with E-state index in [9.17, 15) is 10.1 Å². The molecule has 0 unspecified atom stereocenters. The molecule has 2 aromatic rings. The molecule has 1 aromatic carbocycles. The first-order valence-electron chi connectivity index (χ1n) is 5.96. The van der Waals surface area contributed by atoms with Gasteiger partial charge < -0.3 is 4.74 Å². The molecule has 0 spiro atoms. The molecule has 104 valence electrons. The third kappa shape index (κ3) is 3.24. The van der Waals surface area contributed by atoms with Crippen molar-refractivity contribution in [2.75, 3.05) is 0 Å². The van der Waals surface area contributed by atoms with Crippen LogP contribution in [0.4, 0.5) is 5.69 Å². The second kappa shape index (κ2) is 5.88. The van der Waals surface area contributed by atoms with Crippen LogP contribution in [0.2, 0.25) is 5.15 Å². The van der Waals surface area contributed by atoms with Gasteiger partial charge >= 0.3 is 0 Å². The molecule has 0 fully saturated rings. The molecule has 0 aliphatic carbocycles. The number of nitro benzene ring substituents is 1. The van der Waals surface area contributed by atoms with Gasteiger partial charge in [-0.2, -0.15) is 0 Å². The highest BCUT2D eigenvalue weighted by Gasteiger charge is 2.14. The van der Waals surface area contributed by atoms with E-state index in [2.05, 4.69) is 4.98 Å². The fourth-order valence-electron chi connectivity index (χ4n) is 1.82. The molecule has 2 rings (SSSR count). The second-order valence-corrected chi connectivity index (χ2v) is 4.82. The number of halogens is 1. The van der Waals surface area contributed by atoms with Gasteiger partial charge in [0.05, 0.1) is 4.92 Å². The predicted molar refractivity (Wildman–Crippen MR) is 76.1 cm³/mol. The lowest BCUT2D eigenvalue weighted by atomic mass is 10.1. The molecule has 0 amide bonds. The Morgan fingerprint density at radius 3 is 2.70 bits per heavy atom. The summed E-state index contributed by atoms with van der Waals surface area (Å²) < 4.78 is 5.68. The van der Waals surface area contributed by atoms with Crippen molar-refractivity contribution in [3.8, 4) is 5.75 Å². The highest BCUT2D eigenvalue weighted by atomic mass is 35.5. The van der Waals surface area contributed by atoms with Crippen LogP contribution in [0.5, 0.6) is 5.75 Å². The van der Waals surface area contributed by atoms with Crippen LogP contribution in [0.3, 0.4) is 0 Å². The fraction of sp³-hybridized carbons (Fsp3) is 0.214. The summed E-state index contributed by atoms with van der Waals surface area (Å²) in [5.41, 5.74) is 2.29. The zero-order valence-corrected chi connectivity index (χ0v) is 11.8. The molecule has 0 saturated carbocycles. The van der Waals surface area contributed by atoms with Crippen molar-refractivity contribution in [1.82, 2.24) is 4.98 Å². The van der Waals surface area contributed by atoms with Crippen LogP contribution in [-0.2, 0) is 6.61 Å². The van der Waals surface area contributed by atoms with Gasteiger partial charge in [-0.25, -0.2) is 4.98 Å². The summed E-state index contributed by atoms with van der Waals surface area (Å²) in [5, 5.41) is 11.3. The maximum absolute atomic E-state index is 10.8. The molecule has 1 heterocycles. The van der Waals surface area contributed by atoms with Crippen molar-refractivity contribution < 1.29 is 9.66 Å². The Morgan fingerprint density at radius 1 is 1.30 bits per heavy atom. The number of rotatable bonds is 4. The van der Waals surface area contributed by atoms with Gasteiger partial charge in [0.1, 0.15) is 17.5 Å². The van der Waals surface area contributed by atoms with E-state index in [-0.39, 0.29) is 5.69 Å². The van der Waals surface area contributed by atoms with E-state index in [0.29, 0.717) is 23.1 Å². The van der Waals surface area contributed by atoms with Gasteiger partial charge in [-0.3, -0.25) is 10.1 Å². The molecule has 0 aliphatic rings. The standard InChI is InChI=1S/C14H13ClN2O3/c1-9-6-13(10(2)5-12(9)17(18)19)20-8-11-3-4-16-14(15)7-11/h3-7H,8H2,1-2H3. The number of hydrogen-bond acceptors (Lipinski definition) is 4. The first-order chi connectivity index (χ1) is 9.47. The van der Waals surface area contributed by atoms with Gasteiger partial charge in [0.25, 0.3) is 5.69 Å². The first kappa shape index (κ1) is 14.3. The van der Waals surface area contributed by atoms with Crippen molar-refractivity contribution in [2.24, 2.45) is 0 Å². The molecule has 0 bridgehead atoms. The van der Waals surface area contributed by atoms with Crippen LogP contribution in [0.25, 0.3) is 0 Å². The van der Waals surface area contributed by atoms with Crippen LogP contribution in [0.1, 0.15) is 16.7 Å². The van der Waals surface area contributed by atoms with Crippen LogP contribution >= 0.6 is 11.6 Å². The van der Waals surface area contributed by atoms with E-state index in [1.165, 1.54) is 6.07 Å². The van der Waals surface area contributed by atoms with E-state index in [1.54, 1.807) is 38.2 Å². The SMILES string of the molecule is Cc1cc([N+](=O)[O-])c(C)cc1OCc1ccnc(Cl)c1. The van der Waals surface area contributed by atoms with Gasteiger partial charge in [-0.1, -0.05) is 11.6 Å². The van der Waals surface area contributed by atoms with Gasteiger partial charge in [-0.15, -0.1) is 0 Å². The van der Waals surface area contributed by atoms with Gasteiger partial charge in [0.15, 0.2) is 0 Å². The molecule has 6 heteroatoms. The molecule has 0 atom stereocenters. The minimum atomic E-state index is -0.394. The number of hydrogen-bond donors (Lipinski definition) is 0. The third-order valence-electron chi connectivity index (χ3n) is 2.88. The van der Waals surface area contributed by atoms with Gasteiger partial charge in [-0.05, 0) is 43.2 Å². The quantitative estimate of drug-likeness (QED) is 0.488. The lowest BCUT2D eigenvalue weighted by Gasteiger charge is -2.10. The largest absolute Gasteiger partial charge is 0.489 e. The van der Waals surface area contributed by atoms with E-state index < -0.39 is 4.92 Å². The summed E-state index contributed by atoms with van der Waals surface area (Å²) in [4.78, 5) is 14.3. The van der Waals surface area contributed by atoms with Crippen molar-refractivity contribution in [3.63, 3.8) is 0 Å². The average Bonchev–Trinajstić information content (AvgIpc) is 2.39. The van der Waals surface area contributed by atoms with E-state index >= 15 is 0 Å². The van der Waals surface area contributed by atoms with Gasteiger partial charge in [0, 0.05) is 17.8 Å². The Kier molecular flexibility index (Phi) is 4.20. The smallest absolute Gasteiger partial charge is 0.272 e. The molecule has 0 saturated heterocycles. The minimum absolute atomic E-state index is 0.0989. The Hall–Kier alpha value is -2.14. The topological polar surface area (TPSA) is 65.3 Å². The first-order valence-corrected chi connectivity index (χ1v) is 6.34. The molecular weight excluding hydrogens is 280 g/mol. The van der Waals surface area contributed by atoms with Crippen molar-refractivity contribution in [1.29, 1.82) is 0 Å². The monoisotopic (exact) mass is 292 g/mol. The summed E-state index contributed by atoms with van der Waals surface area (Å²) in [5.74, 6) is 0.626. The summed E-state index contributed by atoms with van der Waals surface area (Å²) in [6.07, 6.45) is 1.61. The van der Waals surface area contributed by atoms with Gasteiger partial charge in [0.2, 0.25) is 0 Å². The number of aromatic nitrogens is 1.